The van der Waals surface area contributed by atoms with Crippen LogP contribution >= 0.6 is 15.9 Å². The normalized spacial score (nSPS) is 10.2. The zero-order valence-electron chi connectivity index (χ0n) is 10.5. The maximum atomic E-state index is 10.9. The maximum Gasteiger partial charge on any atom is 0.335 e. The summed E-state index contributed by atoms with van der Waals surface area (Å²) in [4.78, 5) is 10.9. The molecule has 0 atom stereocenters. The Balaban J connectivity index is 2.12. The van der Waals surface area contributed by atoms with Crippen LogP contribution in [-0.4, -0.2) is 11.1 Å². The monoisotopic (exact) mass is 319 g/mol. The van der Waals surface area contributed by atoms with Crippen molar-refractivity contribution < 1.29 is 9.90 Å². The fourth-order valence-electron chi connectivity index (χ4n) is 1.80. The first-order chi connectivity index (χ1) is 9.08. The zero-order valence-corrected chi connectivity index (χ0v) is 12.1. The van der Waals surface area contributed by atoms with Gasteiger partial charge < -0.3 is 10.4 Å². The second-order valence-electron chi connectivity index (χ2n) is 4.30. The molecular weight excluding hydrogens is 306 g/mol. The lowest BCUT2D eigenvalue weighted by Crippen LogP contribution is -2.03. The molecule has 0 unspecified atom stereocenters. The van der Waals surface area contributed by atoms with E-state index in [1.807, 2.05) is 31.2 Å². The lowest BCUT2D eigenvalue weighted by atomic mass is 10.1. The average molecular weight is 320 g/mol. The minimum atomic E-state index is -0.904. The first kappa shape index (κ1) is 13.6. The van der Waals surface area contributed by atoms with Gasteiger partial charge in [-0.05, 0) is 52.2 Å². The van der Waals surface area contributed by atoms with Crippen molar-refractivity contribution in [2.24, 2.45) is 0 Å². The van der Waals surface area contributed by atoms with Crippen molar-refractivity contribution in [3.63, 3.8) is 0 Å². The van der Waals surface area contributed by atoms with Gasteiger partial charge in [-0.25, -0.2) is 4.79 Å². The lowest BCUT2D eigenvalue weighted by molar-refractivity contribution is 0.0697. The number of hydrogen-bond acceptors (Lipinski definition) is 2. The Morgan fingerprint density at radius 1 is 1.26 bits per heavy atom. The number of rotatable bonds is 4. The first-order valence-corrected chi connectivity index (χ1v) is 6.68. The summed E-state index contributed by atoms with van der Waals surface area (Å²) < 4.78 is 1.03. The summed E-state index contributed by atoms with van der Waals surface area (Å²) in [6, 6.07) is 12.9. The zero-order chi connectivity index (χ0) is 13.8. The van der Waals surface area contributed by atoms with Gasteiger partial charge in [0, 0.05) is 16.7 Å². The van der Waals surface area contributed by atoms with Crippen molar-refractivity contribution in [3.8, 4) is 0 Å². The van der Waals surface area contributed by atoms with Gasteiger partial charge in [0.05, 0.1) is 5.56 Å². The van der Waals surface area contributed by atoms with Crippen LogP contribution < -0.4 is 5.32 Å². The van der Waals surface area contributed by atoms with Crippen LogP contribution in [-0.2, 0) is 6.54 Å². The topological polar surface area (TPSA) is 49.3 Å². The third-order valence-electron chi connectivity index (χ3n) is 2.85. The smallest absolute Gasteiger partial charge is 0.335 e. The highest BCUT2D eigenvalue weighted by Crippen LogP contribution is 2.26. The lowest BCUT2D eigenvalue weighted by Gasteiger charge is -2.10. The Kier molecular flexibility index (Phi) is 4.22. The number of carbonyl (C=O) groups is 1. The summed E-state index contributed by atoms with van der Waals surface area (Å²) in [5.41, 5.74) is 3.40. The number of nitrogens with one attached hydrogen (secondary N) is 1. The molecule has 4 heteroatoms. The minimum absolute atomic E-state index is 0.308. The fourth-order valence-corrected chi connectivity index (χ4v) is 2.20. The molecule has 2 rings (SSSR count). The molecule has 3 nitrogen and oxygen atoms in total. The second-order valence-corrected chi connectivity index (χ2v) is 5.09. The van der Waals surface area contributed by atoms with Crippen LogP contribution in [0, 0.1) is 6.92 Å². The van der Waals surface area contributed by atoms with Gasteiger partial charge in [-0.3, -0.25) is 0 Å². The van der Waals surface area contributed by atoms with Crippen molar-refractivity contribution >= 4 is 27.6 Å². The molecule has 0 aliphatic heterocycles. The number of benzene rings is 2. The highest BCUT2D eigenvalue weighted by Gasteiger charge is 2.04. The molecule has 0 aliphatic carbocycles. The van der Waals surface area contributed by atoms with E-state index in [4.69, 9.17) is 5.11 Å². The molecule has 0 bridgehead atoms. The van der Waals surface area contributed by atoms with Gasteiger partial charge in [-0.1, -0.05) is 24.3 Å². The van der Waals surface area contributed by atoms with Gasteiger partial charge in [0.1, 0.15) is 0 Å². The number of carboxylic acid groups (broad SMARTS) is 1. The maximum absolute atomic E-state index is 10.9. The number of hydrogen-bond donors (Lipinski definition) is 2. The number of halogens is 1. The van der Waals surface area contributed by atoms with Gasteiger partial charge in [0.25, 0.3) is 0 Å². The Labute approximate surface area is 120 Å². The number of carboxylic acids is 1. The van der Waals surface area contributed by atoms with Gasteiger partial charge >= 0.3 is 5.97 Å². The quantitative estimate of drug-likeness (QED) is 0.893. The van der Waals surface area contributed by atoms with E-state index in [0.29, 0.717) is 12.1 Å². The molecule has 0 saturated carbocycles. The highest BCUT2D eigenvalue weighted by atomic mass is 79.9. The Hall–Kier alpha value is -1.81. The van der Waals surface area contributed by atoms with E-state index in [0.717, 1.165) is 21.3 Å². The summed E-state index contributed by atoms with van der Waals surface area (Å²) >= 11 is 3.53. The Bertz CT molecular complexity index is 611. The molecule has 0 spiro atoms. The molecule has 98 valence electrons. The second kappa shape index (κ2) is 5.89. The third-order valence-corrected chi connectivity index (χ3v) is 3.90. The van der Waals surface area contributed by atoms with E-state index < -0.39 is 5.97 Å². The van der Waals surface area contributed by atoms with E-state index in [1.54, 1.807) is 18.2 Å². The molecule has 0 saturated heterocycles. The first-order valence-electron chi connectivity index (χ1n) is 5.89. The van der Waals surface area contributed by atoms with E-state index >= 15 is 0 Å². The summed E-state index contributed by atoms with van der Waals surface area (Å²) in [6.45, 7) is 2.61. The summed E-state index contributed by atoms with van der Waals surface area (Å²) in [6.07, 6.45) is 0. The van der Waals surface area contributed by atoms with E-state index in [-0.39, 0.29) is 0 Å². The SMILES string of the molecule is Cc1cccc(NCc2cccc(C(=O)O)c2)c1Br. The third kappa shape index (κ3) is 3.35. The van der Waals surface area contributed by atoms with Crippen LogP contribution in [0.3, 0.4) is 0 Å². The molecule has 19 heavy (non-hydrogen) atoms. The molecule has 2 aromatic carbocycles. The van der Waals surface area contributed by atoms with Gasteiger partial charge in [0.2, 0.25) is 0 Å². The standard InChI is InChI=1S/C15H14BrNO2/c1-10-4-2-7-13(14(10)16)17-9-11-5-3-6-12(8-11)15(18)19/h2-8,17H,9H2,1H3,(H,18,19). The number of aryl methyl sites for hydroxylation is 1. The number of anilines is 1. The van der Waals surface area contributed by atoms with Crippen LogP contribution in [0.2, 0.25) is 0 Å². The van der Waals surface area contributed by atoms with Gasteiger partial charge in [-0.2, -0.15) is 0 Å². The molecule has 0 radical (unpaired) electrons. The van der Waals surface area contributed by atoms with Crippen LogP contribution in [0.5, 0.6) is 0 Å². The van der Waals surface area contributed by atoms with Crippen LogP contribution in [0.4, 0.5) is 5.69 Å². The van der Waals surface area contributed by atoms with Gasteiger partial charge in [0.15, 0.2) is 0 Å². The predicted octanol–water partition coefficient (Wildman–Crippen LogP) is 4.07. The van der Waals surface area contributed by atoms with Crippen molar-refractivity contribution in [2.75, 3.05) is 5.32 Å². The van der Waals surface area contributed by atoms with Gasteiger partial charge in [-0.15, -0.1) is 0 Å². The average Bonchev–Trinajstić information content (AvgIpc) is 2.41. The molecule has 0 heterocycles. The summed E-state index contributed by atoms with van der Waals surface area (Å²) in [5.74, 6) is -0.904. The molecule has 0 fully saturated rings. The molecule has 0 amide bonds. The highest BCUT2D eigenvalue weighted by molar-refractivity contribution is 9.10. The number of aromatic carboxylic acids is 1. The molecule has 2 aromatic rings. The van der Waals surface area contributed by atoms with E-state index in [9.17, 15) is 4.79 Å². The van der Waals surface area contributed by atoms with Crippen LogP contribution in [0.1, 0.15) is 21.5 Å². The van der Waals surface area contributed by atoms with Crippen LogP contribution in [0.15, 0.2) is 46.9 Å². The molecule has 2 N–H and O–H groups in total. The van der Waals surface area contributed by atoms with Crippen molar-refractivity contribution in [1.29, 1.82) is 0 Å². The van der Waals surface area contributed by atoms with Crippen LogP contribution in [0.25, 0.3) is 0 Å². The summed E-state index contributed by atoms with van der Waals surface area (Å²) in [7, 11) is 0. The predicted molar refractivity (Wildman–Crippen MR) is 79.6 cm³/mol. The summed E-state index contributed by atoms with van der Waals surface area (Å²) in [5, 5.41) is 12.2. The Morgan fingerprint density at radius 3 is 2.74 bits per heavy atom. The fraction of sp³-hybridized carbons (Fsp3) is 0.133. The van der Waals surface area contributed by atoms with Crippen molar-refractivity contribution in [2.45, 2.75) is 13.5 Å². The van der Waals surface area contributed by atoms with Crippen molar-refractivity contribution in [3.05, 3.63) is 63.6 Å². The van der Waals surface area contributed by atoms with Crippen molar-refractivity contribution in [1.82, 2.24) is 0 Å². The largest absolute Gasteiger partial charge is 0.478 e. The van der Waals surface area contributed by atoms with E-state index in [2.05, 4.69) is 21.2 Å². The molecular formula is C15H14BrNO2. The molecule has 0 aliphatic rings. The molecule has 0 aromatic heterocycles. The Morgan fingerprint density at radius 2 is 2.00 bits per heavy atom. The van der Waals surface area contributed by atoms with E-state index in [1.165, 1.54) is 0 Å². The minimum Gasteiger partial charge on any atom is -0.478 e.